The summed E-state index contributed by atoms with van der Waals surface area (Å²) in [5.41, 5.74) is 0. The zero-order valence-corrected chi connectivity index (χ0v) is 11.6. The van der Waals surface area contributed by atoms with Crippen LogP contribution < -0.4 is 10.6 Å². The predicted molar refractivity (Wildman–Crippen MR) is 71.0 cm³/mol. The summed E-state index contributed by atoms with van der Waals surface area (Å²) in [5.74, 6) is 0.736. The number of carbonyl (C=O) groups is 1. The molecule has 4 nitrogen and oxygen atoms in total. The van der Waals surface area contributed by atoms with Gasteiger partial charge >= 0.3 is 0 Å². The normalized spacial score (nSPS) is 27.8. The van der Waals surface area contributed by atoms with Gasteiger partial charge in [-0.25, -0.2) is 0 Å². The van der Waals surface area contributed by atoms with Gasteiger partial charge in [-0.1, -0.05) is 13.8 Å². The Morgan fingerprint density at radius 3 is 2.76 bits per heavy atom. The summed E-state index contributed by atoms with van der Waals surface area (Å²) in [6.45, 7) is 9.58. The van der Waals surface area contributed by atoms with Crippen LogP contribution in [0, 0.1) is 5.92 Å². The van der Waals surface area contributed by atoms with Crippen LogP contribution in [-0.4, -0.2) is 49.6 Å². The molecule has 1 fully saturated rings. The topological polar surface area (TPSA) is 44.4 Å². The maximum atomic E-state index is 11.6. The van der Waals surface area contributed by atoms with Gasteiger partial charge in [-0.15, -0.1) is 0 Å². The molecule has 3 unspecified atom stereocenters. The first-order valence-electron chi connectivity index (χ1n) is 6.79. The van der Waals surface area contributed by atoms with E-state index in [2.05, 4.69) is 29.4 Å². The Hall–Kier alpha value is -0.610. The van der Waals surface area contributed by atoms with Crippen LogP contribution in [0.1, 0.15) is 33.6 Å². The molecule has 0 aromatic heterocycles. The van der Waals surface area contributed by atoms with Gasteiger partial charge in [0.15, 0.2) is 0 Å². The van der Waals surface area contributed by atoms with E-state index in [1.54, 1.807) is 7.05 Å². The quantitative estimate of drug-likeness (QED) is 0.749. The molecule has 0 aromatic rings. The smallest absolute Gasteiger partial charge is 0.236 e. The molecule has 1 rings (SSSR count). The average molecular weight is 241 g/mol. The van der Waals surface area contributed by atoms with Crippen molar-refractivity contribution in [3.8, 4) is 0 Å². The Balaban J connectivity index is 2.43. The average Bonchev–Trinajstić information content (AvgIpc) is 2.35. The molecule has 0 aliphatic carbocycles. The fourth-order valence-electron chi connectivity index (χ4n) is 2.54. The lowest BCUT2D eigenvalue weighted by Crippen LogP contribution is -2.54. The largest absolute Gasteiger partial charge is 0.358 e. The standard InChI is InChI=1S/C13H27N3O/c1-5-7-15-12-6-8-16(9-10(12)2)11(3)13(17)14-4/h10-12,15H,5-9H2,1-4H3,(H,14,17). The maximum absolute atomic E-state index is 11.6. The summed E-state index contributed by atoms with van der Waals surface area (Å²) in [5, 5.41) is 6.32. The molecule has 3 atom stereocenters. The molecule has 4 heteroatoms. The molecule has 1 aliphatic rings. The van der Waals surface area contributed by atoms with Gasteiger partial charge in [-0.3, -0.25) is 9.69 Å². The number of nitrogens with zero attached hydrogens (tertiary/aromatic N) is 1. The Labute approximate surface area is 105 Å². The van der Waals surface area contributed by atoms with Crippen molar-refractivity contribution in [3.63, 3.8) is 0 Å². The van der Waals surface area contributed by atoms with Gasteiger partial charge in [0.2, 0.25) is 5.91 Å². The van der Waals surface area contributed by atoms with E-state index in [1.807, 2.05) is 6.92 Å². The van der Waals surface area contributed by atoms with Gasteiger partial charge in [0.1, 0.15) is 0 Å². The molecule has 0 spiro atoms. The van der Waals surface area contributed by atoms with Crippen molar-refractivity contribution < 1.29 is 4.79 Å². The molecule has 0 aromatic carbocycles. The second-order valence-corrected chi connectivity index (χ2v) is 5.11. The number of nitrogens with one attached hydrogen (secondary N) is 2. The molecule has 0 bridgehead atoms. The van der Waals surface area contributed by atoms with Crippen molar-refractivity contribution in [2.45, 2.75) is 45.7 Å². The summed E-state index contributed by atoms with van der Waals surface area (Å²) in [4.78, 5) is 13.9. The minimum atomic E-state index is -0.00502. The van der Waals surface area contributed by atoms with E-state index >= 15 is 0 Å². The molecule has 0 saturated carbocycles. The van der Waals surface area contributed by atoms with Gasteiger partial charge in [0, 0.05) is 26.2 Å². The van der Waals surface area contributed by atoms with Crippen LogP contribution in [0.4, 0.5) is 0 Å². The van der Waals surface area contributed by atoms with Crippen LogP contribution in [0.25, 0.3) is 0 Å². The van der Waals surface area contributed by atoms with Crippen LogP contribution >= 0.6 is 0 Å². The van der Waals surface area contributed by atoms with E-state index in [1.165, 1.54) is 6.42 Å². The zero-order valence-electron chi connectivity index (χ0n) is 11.6. The summed E-state index contributed by atoms with van der Waals surface area (Å²) >= 11 is 0. The van der Waals surface area contributed by atoms with E-state index < -0.39 is 0 Å². The van der Waals surface area contributed by atoms with Crippen LogP contribution in [0.2, 0.25) is 0 Å². The lowest BCUT2D eigenvalue weighted by molar-refractivity contribution is -0.126. The first-order valence-corrected chi connectivity index (χ1v) is 6.79. The highest BCUT2D eigenvalue weighted by molar-refractivity contribution is 5.80. The van der Waals surface area contributed by atoms with E-state index in [-0.39, 0.29) is 11.9 Å². The molecule has 1 amide bonds. The fraction of sp³-hybridized carbons (Fsp3) is 0.923. The second-order valence-electron chi connectivity index (χ2n) is 5.11. The first-order chi connectivity index (χ1) is 8.10. The van der Waals surface area contributed by atoms with Crippen LogP contribution in [0.3, 0.4) is 0 Å². The number of carbonyl (C=O) groups excluding carboxylic acids is 1. The molecular formula is C13H27N3O. The summed E-state index contributed by atoms with van der Waals surface area (Å²) < 4.78 is 0. The van der Waals surface area contributed by atoms with E-state index in [4.69, 9.17) is 0 Å². The number of likely N-dealkylation sites (tertiary alicyclic amines) is 1. The van der Waals surface area contributed by atoms with Gasteiger partial charge in [0.05, 0.1) is 6.04 Å². The lowest BCUT2D eigenvalue weighted by Gasteiger charge is -2.39. The predicted octanol–water partition coefficient (Wildman–Crippen LogP) is 0.831. The molecule has 1 saturated heterocycles. The second kappa shape index (κ2) is 6.97. The van der Waals surface area contributed by atoms with E-state index in [0.29, 0.717) is 12.0 Å². The van der Waals surface area contributed by atoms with Crippen molar-refractivity contribution in [1.82, 2.24) is 15.5 Å². The van der Waals surface area contributed by atoms with Gasteiger partial charge < -0.3 is 10.6 Å². The Bertz CT molecular complexity index is 245. The SMILES string of the molecule is CCCNC1CCN(C(C)C(=O)NC)CC1C. The van der Waals surface area contributed by atoms with E-state index in [9.17, 15) is 4.79 Å². The molecule has 0 radical (unpaired) electrons. The third kappa shape index (κ3) is 3.96. The zero-order chi connectivity index (χ0) is 12.8. The Kier molecular flexibility index (Phi) is 5.92. The van der Waals surface area contributed by atoms with Gasteiger partial charge in [0.25, 0.3) is 0 Å². The third-order valence-corrected chi connectivity index (χ3v) is 3.77. The minimum Gasteiger partial charge on any atom is -0.358 e. The van der Waals surface area contributed by atoms with Crippen molar-refractivity contribution in [1.29, 1.82) is 0 Å². The first kappa shape index (κ1) is 14.5. The number of amides is 1. The highest BCUT2D eigenvalue weighted by Gasteiger charge is 2.30. The van der Waals surface area contributed by atoms with Gasteiger partial charge in [-0.05, 0) is 32.2 Å². The summed E-state index contributed by atoms with van der Waals surface area (Å²) in [7, 11) is 1.71. The number of likely N-dealkylation sites (N-methyl/N-ethyl adjacent to an activating group) is 1. The monoisotopic (exact) mass is 241 g/mol. The van der Waals surface area contributed by atoms with Crippen molar-refractivity contribution in [2.24, 2.45) is 5.92 Å². The Morgan fingerprint density at radius 2 is 2.24 bits per heavy atom. The maximum Gasteiger partial charge on any atom is 0.236 e. The molecule has 2 N–H and O–H groups in total. The highest BCUT2D eigenvalue weighted by atomic mass is 16.2. The number of hydrogen-bond donors (Lipinski definition) is 2. The molecule has 100 valence electrons. The Morgan fingerprint density at radius 1 is 1.53 bits per heavy atom. The minimum absolute atomic E-state index is 0.00502. The van der Waals surface area contributed by atoms with Crippen molar-refractivity contribution >= 4 is 5.91 Å². The fourth-order valence-corrected chi connectivity index (χ4v) is 2.54. The van der Waals surface area contributed by atoms with Crippen LogP contribution in [0.15, 0.2) is 0 Å². The molecule has 17 heavy (non-hydrogen) atoms. The van der Waals surface area contributed by atoms with E-state index in [0.717, 1.165) is 26.1 Å². The molecule has 1 heterocycles. The van der Waals surface area contributed by atoms with Crippen molar-refractivity contribution in [2.75, 3.05) is 26.7 Å². The van der Waals surface area contributed by atoms with Crippen LogP contribution in [-0.2, 0) is 4.79 Å². The summed E-state index contributed by atoms with van der Waals surface area (Å²) in [6, 6.07) is 0.609. The van der Waals surface area contributed by atoms with Gasteiger partial charge in [-0.2, -0.15) is 0 Å². The molecule has 1 aliphatic heterocycles. The third-order valence-electron chi connectivity index (χ3n) is 3.77. The van der Waals surface area contributed by atoms with Crippen LogP contribution in [0.5, 0.6) is 0 Å². The number of hydrogen-bond acceptors (Lipinski definition) is 3. The molecular weight excluding hydrogens is 214 g/mol. The number of rotatable bonds is 5. The number of piperidine rings is 1. The summed E-state index contributed by atoms with van der Waals surface area (Å²) in [6.07, 6.45) is 2.32. The lowest BCUT2D eigenvalue weighted by atomic mass is 9.92. The highest BCUT2D eigenvalue weighted by Crippen LogP contribution is 2.18. The van der Waals surface area contributed by atoms with Crippen molar-refractivity contribution in [3.05, 3.63) is 0 Å².